The van der Waals surface area contributed by atoms with Crippen molar-refractivity contribution in [1.29, 1.82) is 0 Å². The van der Waals surface area contributed by atoms with Gasteiger partial charge < -0.3 is 5.32 Å². The average molecular weight is 304 g/mol. The largest absolute Gasteiger partial charge is 0.408 e. The molecule has 1 aromatic carbocycles. The van der Waals surface area contributed by atoms with E-state index in [1.165, 1.54) is 4.90 Å². The van der Waals surface area contributed by atoms with Gasteiger partial charge in [-0.1, -0.05) is 19.1 Å². The minimum absolute atomic E-state index is 0.333. The Hall–Kier alpha value is -0.720. The number of hydrogen-bond acceptors (Lipinski definition) is 3. The predicted molar refractivity (Wildman–Crippen MR) is 76.1 cm³/mol. The SMILES string of the molecule is CCSc1ccc([C@H](N2CCNCC2)C(F)(F)F)cc1. The first-order valence-corrected chi connectivity index (χ1v) is 7.75. The highest BCUT2D eigenvalue weighted by Gasteiger charge is 2.44. The van der Waals surface area contributed by atoms with Crippen molar-refractivity contribution in [3.05, 3.63) is 29.8 Å². The molecule has 0 bridgehead atoms. The number of nitrogens with zero attached hydrogens (tertiary/aromatic N) is 1. The number of piperazine rings is 1. The fraction of sp³-hybridized carbons (Fsp3) is 0.571. The van der Waals surface area contributed by atoms with E-state index in [1.807, 2.05) is 6.92 Å². The van der Waals surface area contributed by atoms with E-state index >= 15 is 0 Å². The van der Waals surface area contributed by atoms with Gasteiger partial charge in [-0.05, 0) is 23.4 Å². The average Bonchev–Trinajstić information content (AvgIpc) is 2.41. The summed E-state index contributed by atoms with van der Waals surface area (Å²) in [4.78, 5) is 2.52. The number of halogens is 3. The van der Waals surface area contributed by atoms with E-state index in [9.17, 15) is 13.2 Å². The van der Waals surface area contributed by atoms with Gasteiger partial charge in [0.1, 0.15) is 6.04 Å². The molecule has 0 unspecified atom stereocenters. The Bertz CT molecular complexity index is 413. The minimum Gasteiger partial charge on any atom is -0.314 e. The van der Waals surface area contributed by atoms with E-state index in [0.29, 0.717) is 31.7 Å². The summed E-state index contributed by atoms with van der Waals surface area (Å²) in [6, 6.07) is 5.29. The van der Waals surface area contributed by atoms with Gasteiger partial charge in [-0.3, -0.25) is 4.90 Å². The van der Waals surface area contributed by atoms with Crippen LogP contribution in [-0.4, -0.2) is 43.0 Å². The van der Waals surface area contributed by atoms with Gasteiger partial charge in [-0.15, -0.1) is 11.8 Å². The van der Waals surface area contributed by atoms with E-state index in [1.54, 1.807) is 36.0 Å². The van der Waals surface area contributed by atoms with E-state index in [4.69, 9.17) is 0 Å². The topological polar surface area (TPSA) is 15.3 Å². The molecule has 1 fully saturated rings. The van der Waals surface area contributed by atoms with Crippen LogP contribution < -0.4 is 5.32 Å². The summed E-state index contributed by atoms with van der Waals surface area (Å²) in [6.45, 7) is 4.09. The molecule has 1 aliphatic rings. The normalized spacial score (nSPS) is 19.0. The molecule has 1 heterocycles. The second kappa shape index (κ2) is 6.83. The molecule has 1 saturated heterocycles. The molecule has 6 heteroatoms. The standard InChI is InChI=1S/C14H19F3N2S/c1-2-20-12-5-3-11(4-6-12)13(14(15,16)17)19-9-7-18-8-10-19/h3-6,13,18H,2,7-10H2,1H3/t13-/m0/s1. The maximum absolute atomic E-state index is 13.4. The van der Waals surface area contributed by atoms with Crippen molar-refractivity contribution in [3.8, 4) is 0 Å². The van der Waals surface area contributed by atoms with Crippen LogP contribution >= 0.6 is 11.8 Å². The third-order valence-corrected chi connectivity index (χ3v) is 4.23. The molecule has 0 aliphatic carbocycles. The summed E-state index contributed by atoms with van der Waals surface area (Å²) in [5.41, 5.74) is 0.333. The van der Waals surface area contributed by atoms with Crippen molar-refractivity contribution >= 4 is 11.8 Å². The Morgan fingerprint density at radius 2 is 1.80 bits per heavy atom. The zero-order chi connectivity index (χ0) is 14.6. The Morgan fingerprint density at radius 3 is 2.30 bits per heavy atom. The van der Waals surface area contributed by atoms with Gasteiger partial charge >= 0.3 is 6.18 Å². The molecule has 0 spiro atoms. The molecule has 112 valence electrons. The van der Waals surface area contributed by atoms with Crippen molar-refractivity contribution in [2.75, 3.05) is 31.9 Å². The molecular weight excluding hydrogens is 285 g/mol. The number of nitrogens with one attached hydrogen (secondary N) is 1. The van der Waals surface area contributed by atoms with Crippen LogP contribution in [0.5, 0.6) is 0 Å². The first-order valence-electron chi connectivity index (χ1n) is 6.76. The smallest absolute Gasteiger partial charge is 0.314 e. The third kappa shape index (κ3) is 3.90. The molecule has 20 heavy (non-hydrogen) atoms. The van der Waals surface area contributed by atoms with Crippen LogP contribution in [0.4, 0.5) is 13.2 Å². The second-order valence-corrected chi connectivity index (χ2v) is 6.07. The van der Waals surface area contributed by atoms with Gasteiger partial charge in [0.15, 0.2) is 0 Å². The highest BCUT2D eigenvalue weighted by molar-refractivity contribution is 7.99. The molecule has 0 aromatic heterocycles. The van der Waals surface area contributed by atoms with E-state index in [-0.39, 0.29) is 0 Å². The maximum atomic E-state index is 13.4. The first kappa shape index (κ1) is 15.7. The van der Waals surface area contributed by atoms with Gasteiger partial charge in [-0.25, -0.2) is 0 Å². The summed E-state index contributed by atoms with van der Waals surface area (Å²) in [7, 11) is 0. The lowest BCUT2D eigenvalue weighted by Gasteiger charge is -2.36. The lowest BCUT2D eigenvalue weighted by molar-refractivity contribution is -0.187. The van der Waals surface area contributed by atoms with Crippen LogP contribution in [0.2, 0.25) is 0 Å². The number of thioether (sulfide) groups is 1. The molecule has 1 N–H and O–H groups in total. The molecular formula is C14H19F3N2S. The van der Waals surface area contributed by atoms with E-state index < -0.39 is 12.2 Å². The van der Waals surface area contributed by atoms with Crippen LogP contribution in [0.25, 0.3) is 0 Å². The Kier molecular flexibility index (Phi) is 5.35. The van der Waals surface area contributed by atoms with Gasteiger partial charge in [0.05, 0.1) is 0 Å². The molecule has 1 atom stereocenters. The fourth-order valence-electron chi connectivity index (χ4n) is 2.46. The van der Waals surface area contributed by atoms with Crippen LogP contribution in [0.1, 0.15) is 18.5 Å². The lowest BCUT2D eigenvalue weighted by Crippen LogP contribution is -2.49. The van der Waals surface area contributed by atoms with E-state index in [0.717, 1.165) is 10.6 Å². The number of hydrogen-bond donors (Lipinski definition) is 1. The van der Waals surface area contributed by atoms with Crippen LogP contribution in [0.3, 0.4) is 0 Å². The first-order chi connectivity index (χ1) is 9.52. The number of alkyl halides is 3. The molecule has 2 nitrogen and oxygen atoms in total. The van der Waals surface area contributed by atoms with Crippen LogP contribution in [-0.2, 0) is 0 Å². The number of benzene rings is 1. The second-order valence-electron chi connectivity index (χ2n) is 4.73. The van der Waals surface area contributed by atoms with Crippen molar-refractivity contribution in [1.82, 2.24) is 10.2 Å². The van der Waals surface area contributed by atoms with Gasteiger partial charge in [0, 0.05) is 31.1 Å². The molecule has 0 saturated carbocycles. The summed E-state index contributed by atoms with van der Waals surface area (Å²) >= 11 is 1.63. The summed E-state index contributed by atoms with van der Waals surface area (Å²) in [5, 5.41) is 3.09. The van der Waals surface area contributed by atoms with Crippen molar-refractivity contribution < 1.29 is 13.2 Å². The predicted octanol–water partition coefficient (Wildman–Crippen LogP) is 3.31. The summed E-state index contributed by atoms with van der Waals surface area (Å²) in [5.74, 6) is 0.917. The Morgan fingerprint density at radius 1 is 1.20 bits per heavy atom. The third-order valence-electron chi connectivity index (χ3n) is 3.33. The highest BCUT2D eigenvalue weighted by Crippen LogP contribution is 2.38. The lowest BCUT2D eigenvalue weighted by atomic mass is 10.0. The summed E-state index contributed by atoms with van der Waals surface area (Å²) < 4.78 is 40.1. The molecule has 2 rings (SSSR count). The van der Waals surface area contributed by atoms with Crippen molar-refractivity contribution in [2.24, 2.45) is 0 Å². The molecule has 0 amide bonds. The van der Waals surface area contributed by atoms with Gasteiger partial charge in [0.25, 0.3) is 0 Å². The zero-order valence-electron chi connectivity index (χ0n) is 11.4. The van der Waals surface area contributed by atoms with Crippen LogP contribution in [0.15, 0.2) is 29.2 Å². The maximum Gasteiger partial charge on any atom is 0.408 e. The highest BCUT2D eigenvalue weighted by atomic mass is 32.2. The fourth-order valence-corrected chi connectivity index (χ4v) is 3.12. The van der Waals surface area contributed by atoms with Crippen molar-refractivity contribution in [2.45, 2.75) is 24.0 Å². The van der Waals surface area contributed by atoms with Crippen LogP contribution in [0, 0.1) is 0 Å². The Balaban J connectivity index is 2.21. The minimum atomic E-state index is -4.24. The van der Waals surface area contributed by atoms with Gasteiger partial charge in [0.2, 0.25) is 0 Å². The molecule has 0 radical (unpaired) electrons. The van der Waals surface area contributed by atoms with Crippen molar-refractivity contribution in [3.63, 3.8) is 0 Å². The van der Waals surface area contributed by atoms with Gasteiger partial charge in [-0.2, -0.15) is 13.2 Å². The quantitative estimate of drug-likeness (QED) is 0.859. The Labute approximate surface area is 121 Å². The number of rotatable bonds is 4. The zero-order valence-corrected chi connectivity index (χ0v) is 12.2. The van der Waals surface area contributed by atoms with E-state index in [2.05, 4.69) is 5.32 Å². The molecule has 1 aromatic rings. The summed E-state index contributed by atoms with van der Waals surface area (Å²) in [6.07, 6.45) is -4.24. The molecule has 1 aliphatic heterocycles. The monoisotopic (exact) mass is 304 g/mol.